The van der Waals surface area contributed by atoms with Gasteiger partial charge in [0.05, 0.1) is 5.75 Å². The van der Waals surface area contributed by atoms with E-state index in [0.717, 1.165) is 26.1 Å². The van der Waals surface area contributed by atoms with Gasteiger partial charge in [0.15, 0.2) is 0 Å². The third-order valence-electron chi connectivity index (χ3n) is 3.09. The van der Waals surface area contributed by atoms with Crippen LogP contribution in [-0.2, 0) is 14.8 Å². The molecule has 1 fully saturated rings. The zero-order valence-electron chi connectivity index (χ0n) is 10.6. The van der Waals surface area contributed by atoms with Crippen LogP contribution in [0.4, 0.5) is 0 Å². The highest BCUT2D eigenvalue weighted by atomic mass is 35.5. The van der Waals surface area contributed by atoms with Crippen LogP contribution < -0.4 is 0 Å². The van der Waals surface area contributed by atoms with E-state index in [0.29, 0.717) is 18.3 Å². The van der Waals surface area contributed by atoms with Crippen LogP contribution in [0.2, 0.25) is 0 Å². The minimum Gasteiger partial charge on any atom is -0.381 e. The molecule has 1 saturated heterocycles. The van der Waals surface area contributed by atoms with Gasteiger partial charge in [-0.3, -0.25) is 0 Å². The highest BCUT2D eigenvalue weighted by Gasteiger charge is 2.24. The summed E-state index contributed by atoms with van der Waals surface area (Å²) in [4.78, 5) is 0. The summed E-state index contributed by atoms with van der Waals surface area (Å²) in [7, 11) is -1.50. The largest absolute Gasteiger partial charge is 0.381 e. The van der Waals surface area contributed by atoms with Crippen molar-refractivity contribution in [1.29, 1.82) is 0 Å². The molecule has 4 nitrogen and oxygen atoms in total. The molecule has 0 N–H and O–H groups in total. The van der Waals surface area contributed by atoms with Gasteiger partial charge in [-0.25, -0.2) is 12.7 Å². The number of alkyl halides is 1. The molecular formula is C11H22ClNO3S. The van der Waals surface area contributed by atoms with Crippen molar-refractivity contribution in [1.82, 2.24) is 4.31 Å². The molecule has 1 unspecified atom stereocenters. The molecule has 6 heteroatoms. The summed E-state index contributed by atoms with van der Waals surface area (Å²) in [5.74, 6) is 0.939. The van der Waals surface area contributed by atoms with Crippen molar-refractivity contribution in [2.75, 3.05) is 38.4 Å². The number of sulfonamides is 1. The quantitative estimate of drug-likeness (QED) is 0.695. The van der Waals surface area contributed by atoms with Crippen LogP contribution in [0.15, 0.2) is 0 Å². The number of rotatable bonds is 6. The molecule has 0 aromatic carbocycles. The second-order valence-electron chi connectivity index (χ2n) is 4.87. The van der Waals surface area contributed by atoms with E-state index in [1.807, 2.05) is 6.92 Å². The zero-order chi connectivity index (χ0) is 12.9. The molecule has 0 aliphatic carbocycles. The van der Waals surface area contributed by atoms with Gasteiger partial charge in [-0.2, -0.15) is 0 Å². The normalized spacial score (nSPS) is 20.7. The summed E-state index contributed by atoms with van der Waals surface area (Å²) in [5.41, 5.74) is 0. The Bertz CT molecular complexity index is 315. The molecule has 1 atom stereocenters. The van der Waals surface area contributed by atoms with Crippen LogP contribution in [0.3, 0.4) is 0 Å². The van der Waals surface area contributed by atoms with Gasteiger partial charge in [0.1, 0.15) is 0 Å². The molecule has 0 amide bonds. The van der Waals surface area contributed by atoms with E-state index in [2.05, 4.69) is 0 Å². The summed E-state index contributed by atoms with van der Waals surface area (Å²) in [6, 6.07) is 0. The Kier molecular flexibility index (Phi) is 6.20. The lowest BCUT2D eigenvalue weighted by molar-refractivity contribution is 0.0620. The first-order valence-electron chi connectivity index (χ1n) is 6.03. The van der Waals surface area contributed by atoms with Gasteiger partial charge in [0.2, 0.25) is 10.0 Å². The summed E-state index contributed by atoms with van der Waals surface area (Å²) >= 11 is 5.66. The summed E-state index contributed by atoms with van der Waals surface area (Å²) in [5, 5.41) is 0. The second-order valence-corrected chi connectivity index (χ2v) is 7.30. The molecular weight excluding hydrogens is 262 g/mol. The fraction of sp³-hybridized carbons (Fsp3) is 1.00. The van der Waals surface area contributed by atoms with Crippen LogP contribution >= 0.6 is 11.6 Å². The monoisotopic (exact) mass is 283 g/mol. The Balaban J connectivity index is 2.47. The Morgan fingerprint density at radius 2 is 2.00 bits per heavy atom. The smallest absolute Gasteiger partial charge is 0.214 e. The third kappa shape index (κ3) is 5.12. The molecule has 0 aromatic heterocycles. The SMILES string of the molecule is CC(CCl)CS(=O)(=O)N(C)CC1CCOCC1. The first kappa shape index (κ1) is 15.2. The van der Waals surface area contributed by atoms with E-state index in [9.17, 15) is 8.42 Å². The van der Waals surface area contributed by atoms with Gasteiger partial charge in [0.25, 0.3) is 0 Å². The van der Waals surface area contributed by atoms with Crippen molar-refractivity contribution in [3.8, 4) is 0 Å². The molecule has 1 aliphatic rings. The maximum absolute atomic E-state index is 12.0. The molecule has 102 valence electrons. The third-order valence-corrected chi connectivity index (χ3v) is 5.71. The number of ether oxygens (including phenoxy) is 1. The highest BCUT2D eigenvalue weighted by molar-refractivity contribution is 7.89. The number of nitrogens with zero attached hydrogens (tertiary/aromatic N) is 1. The Labute approximate surface area is 109 Å². The molecule has 0 spiro atoms. The molecule has 17 heavy (non-hydrogen) atoms. The summed E-state index contributed by atoms with van der Waals surface area (Å²) < 4.78 is 30.8. The average Bonchev–Trinajstić information content (AvgIpc) is 2.29. The molecule has 1 heterocycles. The molecule has 1 aliphatic heterocycles. The van der Waals surface area contributed by atoms with Gasteiger partial charge < -0.3 is 4.74 Å². The van der Waals surface area contributed by atoms with Gasteiger partial charge in [-0.05, 0) is 24.7 Å². The Hall–Kier alpha value is 0.160. The lowest BCUT2D eigenvalue weighted by Gasteiger charge is -2.27. The second kappa shape index (κ2) is 6.92. The maximum atomic E-state index is 12.0. The van der Waals surface area contributed by atoms with E-state index in [4.69, 9.17) is 16.3 Å². The van der Waals surface area contributed by atoms with Gasteiger partial charge in [0, 0.05) is 32.7 Å². The van der Waals surface area contributed by atoms with Crippen LogP contribution in [0, 0.1) is 11.8 Å². The van der Waals surface area contributed by atoms with Crippen LogP contribution in [0.5, 0.6) is 0 Å². The van der Waals surface area contributed by atoms with Gasteiger partial charge in [-0.1, -0.05) is 6.92 Å². The lowest BCUT2D eigenvalue weighted by Crippen LogP contribution is -2.37. The highest BCUT2D eigenvalue weighted by Crippen LogP contribution is 2.17. The number of halogens is 1. The van der Waals surface area contributed by atoms with Crippen molar-refractivity contribution in [3.05, 3.63) is 0 Å². The standard InChI is InChI=1S/C11H22ClNO3S/c1-10(7-12)9-17(14,15)13(2)8-11-3-5-16-6-4-11/h10-11H,3-9H2,1-2H3. The van der Waals surface area contributed by atoms with Crippen molar-refractivity contribution < 1.29 is 13.2 Å². The lowest BCUT2D eigenvalue weighted by atomic mass is 10.0. The minimum absolute atomic E-state index is 0.00111. The van der Waals surface area contributed by atoms with E-state index >= 15 is 0 Å². The molecule has 0 bridgehead atoms. The summed E-state index contributed by atoms with van der Waals surface area (Å²) in [6.45, 7) is 3.95. The average molecular weight is 284 g/mol. The van der Waals surface area contributed by atoms with Gasteiger partial charge in [-0.15, -0.1) is 11.6 Å². The summed E-state index contributed by atoms with van der Waals surface area (Å²) in [6.07, 6.45) is 1.90. The van der Waals surface area contributed by atoms with Crippen molar-refractivity contribution >= 4 is 21.6 Å². The Morgan fingerprint density at radius 3 is 2.53 bits per heavy atom. The zero-order valence-corrected chi connectivity index (χ0v) is 12.1. The first-order valence-corrected chi connectivity index (χ1v) is 8.17. The molecule has 1 rings (SSSR count). The van der Waals surface area contributed by atoms with E-state index in [1.54, 1.807) is 7.05 Å². The number of hydrogen-bond acceptors (Lipinski definition) is 3. The molecule has 0 radical (unpaired) electrons. The fourth-order valence-corrected chi connectivity index (χ4v) is 3.71. The van der Waals surface area contributed by atoms with E-state index < -0.39 is 10.0 Å². The first-order chi connectivity index (χ1) is 7.95. The fourth-order valence-electron chi connectivity index (χ4n) is 1.94. The van der Waals surface area contributed by atoms with Crippen LogP contribution in [-0.4, -0.2) is 51.2 Å². The van der Waals surface area contributed by atoms with Crippen molar-refractivity contribution in [2.45, 2.75) is 19.8 Å². The molecule has 0 aromatic rings. The van der Waals surface area contributed by atoms with Crippen LogP contribution in [0.25, 0.3) is 0 Å². The predicted octanol–water partition coefficient (Wildman–Crippen LogP) is 1.55. The van der Waals surface area contributed by atoms with Crippen molar-refractivity contribution in [2.24, 2.45) is 11.8 Å². The Morgan fingerprint density at radius 1 is 1.41 bits per heavy atom. The van der Waals surface area contributed by atoms with Crippen molar-refractivity contribution in [3.63, 3.8) is 0 Å². The number of hydrogen-bond donors (Lipinski definition) is 0. The minimum atomic E-state index is -3.16. The van der Waals surface area contributed by atoms with Crippen LogP contribution in [0.1, 0.15) is 19.8 Å². The van der Waals surface area contributed by atoms with E-state index in [-0.39, 0.29) is 11.7 Å². The topological polar surface area (TPSA) is 46.6 Å². The van der Waals surface area contributed by atoms with Gasteiger partial charge >= 0.3 is 0 Å². The molecule has 0 saturated carbocycles. The van der Waals surface area contributed by atoms with E-state index in [1.165, 1.54) is 4.31 Å². The predicted molar refractivity (Wildman–Crippen MR) is 69.8 cm³/mol. The maximum Gasteiger partial charge on any atom is 0.214 e.